The van der Waals surface area contributed by atoms with E-state index in [-0.39, 0.29) is 17.2 Å². The molecule has 0 atom stereocenters. The lowest BCUT2D eigenvalue weighted by molar-refractivity contribution is -0.0511. The molecule has 1 aromatic heterocycles. The van der Waals surface area contributed by atoms with E-state index in [0.717, 1.165) is 5.56 Å². The van der Waals surface area contributed by atoms with Gasteiger partial charge in [0, 0.05) is 16.1 Å². The molecule has 8 nitrogen and oxygen atoms in total. The molecular formula is C18H16ClN3O5S. The first-order valence-electron chi connectivity index (χ1n) is 7.92. The largest absolute Gasteiger partial charge is 0.466 e. The summed E-state index contributed by atoms with van der Waals surface area (Å²) in [4.78, 5) is 11.1. The van der Waals surface area contributed by atoms with Gasteiger partial charge in [0.15, 0.2) is 0 Å². The number of furan rings is 1. The molecule has 0 bridgehead atoms. The number of halogens is 1. The van der Waals surface area contributed by atoms with Crippen molar-refractivity contribution in [2.45, 2.75) is 11.4 Å². The summed E-state index contributed by atoms with van der Waals surface area (Å²) in [6, 6.07) is 11.8. The van der Waals surface area contributed by atoms with Gasteiger partial charge in [0.1, 0.15) is 12.3 Å². The third-order valence-electron chi connectivity index (χ3n) is 4.04. The zero-order chi connectivity index (χ0) is 20.5. The third kappa shape index (κ3) is 4.18. The van der Waals surface area contributed by atoms with Crippen molar-refractivity contribution < 1.29 is 22.8 Å². The molecule has 0 aliphatic carbocycles. The van der Waals surface area contributed by atoms with Gasteiger partial charge in [-0.25, -0.2) is 18.4 Å². The van der Waals surface area contributed by atoms with Crippen LogP contribution in [0.2, 0.25) is 5.02 Å². The lowest BCUT2D eigenvalue weighted by atomic mass is 9.97. The van der Waals surface area contributed by atoms with Crippen molar-refractivity contribution in [1.29, 1.82) is 0 Å². The number of amides is 2. The second-order valence-corrected chi connectivity index (χ2v) is 7.92. The maximum Gasteiger partial charge on any atom is 0.338 e. The van der Waals surface area contributed by atoms with Crippen molar-refractivity contribution in [2.24, 2.45) is 10.9 Å². The highest BCUT2D eigenvalue weighted by atomic mass is 35.5. The first-order chi connectivity index (χ1) is 13.2. The normalized spacial score (nSPS) is 11.4. The Bertz CT molecular complexity index is 1110. The molecule has 0 saturated heterocycles. The monoisotopic (exact) mass is 421 g/mol. The van der Waals surface area contributed by atoms with Gasteiger partial charge in [-0.2, -0.15) is 5.06 Å². The van der Waals surface area contributed by atoms with E-state index in [0.29, 0.717) is 26.8 Å². The van der Waals surface area contributed by atoms with Crippen LogP contribution in [0.1, 0.15) is 5.76 Å². The fourth-order valence-corrected chi connectivity index (χ4v) is 3.34. The maximum atomic E-state index is 11.5. The van der Waals surface area contributed by atoms with Crippen molar-refractivity contribution in [1.82, 2.24) is 5.06 Å². The first kappa shape index (κ1) is 19.9. The van der Waals surface area contributed by atoms with Crippen LogP contribution >= 0.6 is 11.6 Å². The minimum absolute atomic E-state index is 0.0247. The standard InChI is InChI=1S/C18H16ClN3O5S/c19-13-5-1-12(2-6-13)17-15(10-27-16(17)9-22(24)18(20)23)11-3-7-14(8-4-11)28(21,25)26/h1-8,10,24H,9H2,(H2,20,23)(H2,21,25,26). The molecule has 1 heterocycles. The Morgan fingerprint density at radius 3 is 2.18 bits per heavy atom. The average molecular weight is 422 g/mol. The van der Waals surface area contributed by atoms with E-state index in [1.807, 2.05) is 0 Å². The van der Waals surface area contributed by atoms with Crippen molar-refractivity contribution in [3.05, 3.63) is 65.6 Å². The number of nitrogens with zero attached hydrogens (tertiary/aromatic N) is 1. The van der Waals surface area contributed by atoms with Crippen molar-refractivity contribution in [2.75, 3.05) is 0 Å². The summed E-state index contributed by atoms with van der Waals surface area (Å²) in [5.74, 6) is 0.286. The number of urea groups is 1. The predicted molar refractivity (Wildman–Crippen MR) is 103 cm³/mol. The Balaban J connectivity index is 2.12. The second kappa shape index (κ2) is 7.64. The lowest BCUT2D eigenvalue weighted by Gasteiger charge is -2.12. The molecule has 0 unspecified atom stereocenters. The number of hydrogen-bond donors (Lipinski definition) is 3. The second-order valence-electron chi connectivity index (χ2n) is 5.92. The number of carbonyl (C=O) groups excluding carboxylic acids is 1. The molecule has 0 aliphatic rings. The number of primary amides is 1. The Kier molecular flexibility index (Phi) is 5.43. The van der Waals surface area contributed by atoms with Gasteiger partial charge >= 0.3 is 6.03 Å². The smallest absolute Gasteiger partial charge is 0.338 e. The molecule has 2 aromatic carbocycles. The zero-order valence-electron chi connectivity index (χ0n) is 14.4. The molecule has 0 saturated carbocycles. The van der Waals surface area contributed by atoms with Crippen LogP contribution in [-0.2, 0) is 16.6 Å². The molecule has 2 amide bonds. The Morgan fingerprint density at radius 1 is 1.07 bits per heavy atom. The van der Waals surface area contributed by atoms with E-state index >= 15 is 0 Å². The molecule has 0 spiro atoms. The number of hydrogen-bond acceptors (Lipinski definition) is 5. The number of sulfonamides is 1. The Morgan fingerprint density at radius 2 is 1.64 bits per heavy atom. The fraction of sp³-hybridized carbons (Fsp3) is 0.0556. The average Bonchev–Trinajstić information content (AvgIpc) is 3.05. The van der Waals surface area contributed by atoms with Gasteiger partial charge in [0.2, 0.25) is 10.0 Å². The van der Waals surface area contributed by atoms with Crippen LogP contribution in [-0.4, -0.2) is 24.7 Å². The highest BCUT2D eigenvalue weighted by Gasteiger charge is 2.21. The number of primary sulfonamides is 1. The molecule has 146 valence electrons. The number of benzene rings is 2. The maximum absolute atomic E-state index is 11.5. The molecule has 0 radical (unpaired) electrons. The van der Waals surface area contributed by atoms with Gasteiger partial charge in [0.05, 0.1) is 11.2 Å². The highest BCUT2D eigenvalue weighted by molar-refractivity contribution is 7.89. The number of carbonyl (C=O) groups is 1. The minimum atomic E-state index is -3.82. The zero-order valence-corrected chi connectivity index (χ0v) is 15.9. The number of hydroxylamine groups is 2. The summed E-state index contributed by atoms with van der Waals surface area (Å²) in [5, 5.41) is 15.7. The summed E-state index contributed by atoms with van der Waals surface area (Å²) >= 11 is 5.95. The third-order valence-corrected chi connectivity index (χ3v) is 5.22. The molecule has 3 rings (SSSR count). The quantitative estimate of drug-likeness (QED) is 0.428. The molecule has 0 fully saturated rings. The van der Waals surface area contributed by atoms with Crippen molar-refractivity contribution in [3.8, 4) is 22.3 Å². The van der Waals surface area contributed by atoms with E-state index in [2.05, 4.69) is 0 Å². The van der Waals surface area contributed by atoms with Crippen LogP contribution in [0, 0.1) is 0 Å². The van der Waals surface area contributed by atoms with Crippen molar-refractivity contribution in [3.63, 3.8) is 0 Å². The highest BCUT2D eigenvalue weighted by Crippen LogP contribution is 2.38. The molecule has 28 heavy (non-hydrogen) atoms. The topological polar surface area (TPSA) is 140 Å². The van der Waals surface area contributed by atoms with Crippen LogP contribution in [0.15, 0.2) is 64.1 Å². The number of nitrogens with two attached hydrogens (primary N) is 2. The van der Waals surface area contributed by atoms with Gasteiger partial charge in [-0.05, 0) is 35.4 Å². The van der Waals surface area contributed by atoms with Crippen molar-refractivity contribution >= 4 is 27.7 Å². The van der Waals surface area contributed by atoms with Crippen LogP contribution in [0.5, 0.6) is 0 Å². The van der Waals surface area contributed by atoms with E-state index < -0.39 is 16.1 Å². The van der Waals surface area contributed by atoms with Crippen LogP contribution in [0.25, 0.3) is 22.3 Å². The fourth-order valence-electron chi connectivity index (χ4n) is 2.70. The molecule has 3 aromatic rings. The van der Waals surface area contributed by atoms with Gasteiger partial charge in [-0.1, -0.05) is 35.9 Å². The summed E-state index contributed by atoms with van der Waals surface area (Å²) < 4.78 is 28.5. The van der Waals surface area contributed by atoms with Crippen LogP contribution < -0.4 is 10.9 Å². The predicted octanol–water partition coefficient (Wildman–Crippen LogP) is 3.18. The Labute approximate surface area is 165 Å². The van der Waals surface area contributed by atoms with Gasteiger partial charge in [-0.15, -0.1) is 0 Å². The summed E-state index contributed by atoms with van der Waals surface area (Å²) in [5.41, 5.74) is 7.66. The Hall–Kier alpha value is -2.85. The van der Waals surface area contributed by atoms with Gasteiger partial charge in [-0.3, -0.25) is 5.21 Å². The molecule has 0 aliphatic heterocycles. The number of rotatable bonds is 5. The minimum Gasteiger partial charge on any atom is -0.466 e. The molecular weight excluding hydrogens is 406 g/mol. The van der Waals surface area contributed by atoms with E-state index in [1.165, 1.54) is 18.4 Å². The van der Waals surface area contributed by atoms with E-state index in [4.69, 9.17) is 26.9 Å². The first-order valence-corrected chi connectivity index (χ1v) is 9.84. The SMILES string of the molecule is NC(=O)N(O)Cc1occ(-c2ccc(S(N)(=O)=O)cc2)c1-c1ccc(Cl)cc1. The molecule has 10 heteroatoms. The van der Waals surface area contributed by atoms with Gasteiger partial charge < -0.3 is 10.2 Å². The summed E-state index contributed by atoms with van der Waals surface area (Å²) in [6.45, 7) is -0.275. The van der Waals surface area contributed by atoms with E-state index in [9.17, 15) is 18.4 Å². The van der Waals surface area contributed by atoms with Crippen LogP contribution in [0.3, 0.4) is 0 Å². The van der Waals surface area contributed by atoms with Gasteiger partial charge in [0.25, 0.3) is 0 Å². The summed E-state index contributed by atoms with van der Waals surface area (Å²) in [6.07, 6.45) is 1.44. The summed E-state index contributed by atoms with van der Waals surface area (Å²) in [7, 11) is -3.82. The van der Waals surface area contributed by atoms with Crippen LogP contribution in [0.4, 0.5) is 4.79 Å². The van der Waals surface area contributed by atoms with E-state index in [1.54, 1.807) is 36.4 Å². The lowest BCUT2D eigenvalue weighted by Crippen LogP contribution is -2.32. The molecule has 5 N–H and O–H groups in total.